The first kappa shape index (κ1) is 32.1. The zero-order valence-corrected chi connectivity index (χ0v) is 27.9. The average molecular weight is 677 g/mol. The number of anilines is 3. The summed E-state index contributed by atoms with van der Waals surface area (Å²) in [5.74, 6) is -0.240. The van der Waals surface area contributed by atoms with Gasteiger partial charge in [-0.05, 0) is 61.2 Å². The maximum Gasteiger partial charge on any atom is 0.234 e. The molecule has 0 spiro atoms. The number of likely N-dealkylation sites (tertiary alicyclic amines) is 1. The Morgan fingerprint density at radius 1 is 0.840 bits per heavy atom. The molecular formula is C37H41FN10O2. The van der Waals surface area contributed by atoms with Crippen molar-refractivity contribution in [2.75, 3.05) is 62.6 Å². The predicted octanol–water partition coefficient (Wildman–Crippen LogP) is 4.45. The zero-order chi connectivity index (χ0) is 34.0. The lowest BCUT2D eigenvalue weighted by Crippen LogP contribution is -2.49. The van der Waals surface area contributed by atoms with Crippen LogP contribution in [0.3, 0.4) is 0 Å². The number of hydrogen-bond acceptors (Lipinski definition) is 9. The van der Waals surface area contributed by atoms with Gasteiger partial charge in [-0.25, -0.2) is 14.4 Å². The van der Waals surface area contributed by atoms with Crippen molar-refractivity contribution in [3.05, 3.63) is 90.9 Å². The molecule has 3 aliphatic rings. The van der Waals surface area contributed by atoms with Crippen molar-refractivity contribution in [3.63, 3.8) is 0 Å². The molecule has 2 N–H and O–H groups in total. The molecule has 5 aromatic rings. The number of piperazine rings is 1. The van der Waals surface area contributed by atoms with Gasteiger partial charge in [-0.15, -0.1) is 0 Å². The molecule has 50 heavy (non-hydrogen) atoms. The first-order valence-corrected chi connectivity index (χ1v) is 17.5. The highest BCUT2D eigenvalue weighted by Gasteiger charge is 2.28. The van der Waals surface area contributed by atoms with E-state index in [1.54, 1.807) is 24.5 Å². The van der Waals surface area contributed by atoms with E-state index in [4.69, 9.17) is 5.10 Å². The fourth-order valence-corrected chi connectivity index (χ4v) is 7.43. The van der Waals surface area contributed by atoms with Crippen molar-refractivity contribution in [3.8, 4) is 11.3 Å². The number of fused-ring (bicyclic) bond motifs is 1. The third kappa shape index (κ3) is 6.83. The van der Waals surface area contributed by atoms with E-state index in [-0.39, 0.29) is 23.5 Å². The highest BCUT2D eigenvalue weighted by atomic mass is 19.1. The molecule has 1 atom stereocenters. The number of amides is 2. The normalized spacial score (nSPS) is 19.6. The van der Waals surface area contributed by atoms with Crippen LogP contribution in [0.2, 0.25) is 0 Å². The first-order valence-electron chi connectivity index (χ1n) is 17.5. The van der Waals surface area contributed by atoms with E-state index >= 15 is 0 Å². The molecule has 0 aliphatic carbocycles. The number of nitrogens with one attached hydrogen (secondary N) is 2. The number of nitrogens with zero attached hydrogens (tertiary/aromatic N) is 8. The maximum atomic E-state index is 13.5. The van der Waals surface area contributed by atoms with E-state index in [2.05, 4.69) is 58.3 Å². The summed E-state index contributed by atoms with van der Waals surface area (Å²) in [6.07, 6.45) is 12.4. The lowest BCUT2D eigenvalue weighted by Gasteiger charge is -2.38. The Morgan fingerprint density at radius 2 is 1.58 bits per heavy atom. The fourth-order valence-electron chi connectivity index (χ4n) is 7.43. The van der Waals surface area contributed by atoms with Crippen molar-refractivity contribution >= 4 is 34.7 Å². The smallest absolute Gasteiger partial charge is 0.234 e. The maximum absolute atomic E-state index is 13.5. The van der Waals surface area contributed by atoms with Crippen LogP contribution < -0.4 is 15.5 Å². The van der Waals surface area contributed by atoms with Gasteiger partial charge >= 0.3 is 0 Å². The van der Waals surface area contributed by atoms with Crippen molar-refractivity contribution in [2.45, 2.75) is 37.6 Å². The van der Waals surface area contributed by atoms with Gasteiger partial charge < -0.3 is 15.1 Å². The number of carbonyl (C=O) groups is 2. The number of halogens is 1. The molecule has 3 aromatic heterocycles. The summed E-state index contributed by atoms with van der Waals surface area (Å²) in [5, 5.41) is 10.5. The first-order chi connectivity index (χ1) is 24.5. The second kappa shape index (κ2) is 14.0. The van der Waals surface area contributed by atoms with Gasteiger partial charge in [-0.3, -0.25) is 28.9 Å². The molecule has 0 radical (unpaired) electrons. The fraction of sp³-hybridized carbons (Fsp3) is 0.378. The van der Waals surface area contributed by atoms with Gasteiger partial charge in [0, 0.05) is 88.6 Å². The van der Waals surface area contributed by atoms with Crippen LogP contribution in [-0.2, 0) is 9.59 Å². The van der Waals surface area contributed by atoms with Gasteiger partial charge in [-0.1, -0.05) is 12.1 Å². The van der Waals surface area contributed by atoms with Crippen LogP contribution in [0, 0.1) is 5.82 Å². The number of imidazole rings is 1. The Bertz CT molecular complexity index is 1960. The van der Waals surface area contributed by atoms with Crippen LogP contribution >= 0.6 is 0 Å². The topological polar surface area (TPSA) is 116 Å². The minimum Gasteiger partial charge on any atom is -0.369 e. The third-order valence-corrected chi connectivity index (χ3v) is 10.4. The number of piperidine rings is 2. The van der Waals surface area contributed by atoms with Gasteiger partial charge in [0.1, 0.15) is 5.82 Å². The third-order valence-electron chi connectivity index (χ3n) is 10.4. The van der Waals surface area contributed by atoms with E-state index in [0.29, 0.717) is 30.3 Å². The minimum absolute atomic E-state index is 0.178. The van der Waals surface area contributed by atoms with Crippen molar-refractivity contribution in [1.29, 1.82) is 0 Å². The van der Waals surface area contributed by atoms with Gasteiger partial charge in [0.25, 0.3) is 0 Å². The van der Waals surface area contributed by atoms with E-state index in [9.17, 15) is 14.0 Å². The molecule has 13 heteroatoms. The van der Waals surface area contributed by atoms with Crippen LogP contribution in [0.25, 0.3) is 16.9 Å². The molecule has 6 heterocycles. The lowest BCUT2D eigenvalue weighted by atomic mass is 9.90. The Balaban J connectivity index is 0.787. The molecule has 3 aliphatic heterocycles. The highest BCUT2D eigenvalue weighted by Crippen LogP contribution is 2.29. The van der Waals surface area contributed by atoms with Crippen LogP contribution in [0.5, 0.6) is 0 Å². The van der Waals surface area contributed by atoms with Crippen molar-refractivity contribution < 1.29 is 14.0 Å². The summed E-state index contributed by atoms with van der Waals surface area (Å²) in [6.45, 7) is 8.26. The highest BCUT2D eigenvalue weighted by molar-refractivity contribution is 6.01. The molecule has 3 saturated heterocycles. The molecule has 2 amide bonds. The zero-order valence-electron chi connectivity index (χ0n) is 27.9. The van der Waals surface area contributed by atoms with Gasteiger partial charge in [-0.2, -0.15) is 5.10 Å². The molecule has 258 valence electrons. The number of aromatic nitrogens is 5. The van der Waals surface area contributed by atoms with Gasteiger partial charge in [0.05, 0.1) is 35.7 Å². The Kier molecular flexibility index (Phi) is 8.98. The molecule has 3 fully saturated rings. The van der Waals surface area contributed by atoms with E-state index in [0.717, 1.165) is 87.7 Å². The molecule has 2 aromatic carbocycles. The number of benzene rings is 2. The average Bonchev–Trinajstić information content (AvgIpc) is 3.83. The largest absolute Gasteiger partial charge is 0.369 e. The predicted molar refractivity (Wildman–Crippen MR) is 189 cm³/mol. The number of rotatable bonds is 9. The van der Waals surface area contributed by atoms with Gasteiger partial charge in [0.15, 0.2) is 11.5 Å². The van der Waals surface area contributed by atoms with Gasteiger partial charge in [0.2, 0.25) is 11.8 Å². The van der Waals surface area contributed by atoms with Crippen LogP contribution in [0.1, 0.15) is 43.2 Å². The molecule has 1 unspecified atom stereocenters. The van der Waals surface area contributed by atoms with Crippen LogP contribution in [-0.4, -0.2) is 98.1 Å². The Morgan fingerprint density at radius 3 is 2.32 bits per heavy atom. The Hall–Kier alpha value is -5.14. The summed E-state index contributed by atoms with van der Waals surface area (Å²) in [7, 11) is 0. The Labute approximate surface area is 289 Å². The molecule has 8 rings (SSSR count). The summed E-state index contributed by atoms with van der Waals surface area (Å²) >= 11 is 0. The molecule has 0 bridgehead atoms. The monoisotopic (exact) mass is 676 g/mol. The standard InChI is InChI=1S/C37H41FN10O2/c38-28-5-1-27(2-6-28)33-24-40-35(36-39-13-16-47(33)36)42-29-23-41-48(25-29)31-11-14-44(15-12-31)17-18-45-19-21-46(22-20-45)30-7-3-26(4-8-30)32-9-10-34(49)43-37(32)50/h1-8,13,16,23-25,31-32H,9-12,14-15,17-22H2,(H,40,42)(H,43,49,50). The molecular weight excluding hydrogens is 635 g/mol. The summed E-state index contributed by atoms with van der Waals surface area (Å²) < 4.78 is 17.5. The lowest BCUT2D eigenvalue weighted by molar-refractivity contribution is -0.134. The SMILES string of the molecule is O=C1CCC(c2ccc(N3CCN(CCN4CCC(n5cc(Nc6ncc(-c7ccc(F)cc7)n7ccnc67)cn5)CC4)CC3)cc2)C(=O)N1. The quantitative estimate of drug-likeness (QED) is 0.219. The van der Waals surface area contributed by atoms with Crippen molar-refractivity contribution in [1.82, 2.24) is 39.3 Å². The van der Waals surface area contributed by atoms with E-state index in [1.807, 2.05) is 28.9 Å². The number of carbonyl (C=O) groups excluding carboxylic acids is 2. The molecule has 12 nitrogen and oxygen atoms in total. The summed E-state index contributed by atoms with van der Waals surface area (Å²) in [6, 6.07) is 15.0. The van der Waals surface area contributed by atoms with Crippen molar-refractivity contribution in [2.24, 2.45) is 0 Å². The molecule has 0 saturated carbocycles. The minimum atomic E-state index is -0.273. The second-order valence-electron chi connectivity index (χ2n) is 13.5. The van der Waals surface area contributed by atoms with Crippen LogP contribution in [0.4, 0.5) is 21.6 Å². The van der Waals surface area contributed by atoms with Crippen LogP contribution in [0.15, 0.2) is 79.5 Å². The van der Waals surface area contributed by atoms with E-state index in [1.165, 1.54) is 17.8 Å². The number of imide groups is 1. The van der Waals surface area contributed by atoms with E-state index < -0.39 is 0 Å². The summed E-state index contributed by atoms with van der Waals surface area (Å²) in [5.41, 5.74) is 5.42. The second-order valence-corrected chi connectivity index (χ2v) is 13.5. The summed E-state index contributed by atoms with van der Waals surface area (Å²) in [4.78, 5) is 40.5. The number of hydrogen-bond donors (Lipinski definition) is 2.